The first kappa shape index (κ1) is 17.2. The van der Waals surface area contributed by atoms with Crippen LogP contribution in [0.2, 0.25) is 5.02 Å². The van der Waals surface area contributed by atoms with Crippen molar-refractivity contribution in [1.29, 1.82) is 0 Å². The van der Waals surface area contributed by atoms with Crippen LogP contribution >= 0.6 is 11.6 Å². The van der Waals surface area contributed by atoms with Crippen molar-refractivity contribution < 1.29 is 5.32 Å². The Labute approximate surface area is 157 Å². The molecule has 0 saturated carbocycles. The zero-order valence-corrected chi connectivity index (χ0v) is 15.4. The first-order valence-corrected chi connectivity index (χ1v) is 9.35. The number of hydrogen-bond donors (Lipinski definition) is 3. The zero-order valence-electron chi connectivity index (χ0n) is 14.6. The molecule has 26 heavy (non-hydrogen) atoms. The second kappa shape index (κ2) is 7.57. The fourth-order valence-corrected chi connectivity index (χ4v) is 3.48. The molecule has 136 valence electrons. The Balaban J connectivity index is 1.75. The fourth-order valence-electron chi connectivity index (χ4n) is 3.26. The van der Waals surface area contributed by atoms with E-state index in [0.717, 1.165) is 24.2 Å². The van der Waals surface area contributed by atoms with Crippen molar-refractivity contribution in [2.24, 2.45) is 4.99 Å². The summed E-state index contributed by atoms with van der Waals surface area (Å²) in [6.45, 7) is 3.07. The lowest BCUT2D eigenvalue weighted by Crippen LogP contribution is -2.86. The SMILES string of the molecule is CC1[N-]C(=Nc2cc(C3CCCC[NH2+]3)nc(-c3ccccc3Cl)n2)NN1. The van der Waals surface area contributed by atoms with Crippen LogP contribution in [0.15, 0.2) is 35.3 Å². The Hall–Kier alpha value is -2.22. The molecule has 2 aromatic rings. The Morgan fingerprint density at radius 1 is 1.27 bits per heavy atom. The number of halogens is 1. The van der Waals surface area contributed by atoms with E-state index in [2.05, 4.69) is 31.5 Å². The van der Waals surface area contributed by atoms with E-state index < -0.39 is 0 Å². The highest BCUT2D eigenvalue weighted by molar-refractivity contribution is 6.33. The molecule has 2 aliphatic heterocycles. The van der Waals surface area contributed by atoms with Crippen molar-refractivity contribution in [2.45, 2.75) is 38.4 Å². The molecule has 1 aromatic carbocycles. The zero-order chi connectivity index (χ0) is 17.9. The molecule has 0 aliphatic carbocycles. The molecular formula is C18H22ClN7. The summed E-state index contributed by atoms with van der Waals surface area (Å²) in [6.07, 6.45) is 3.57. The van der Waals surface area contributed by atoms with E-state index in [9.17, 15) is 0 Å². The second-order valence-corrected chi connectivity index (χ2v) is 7.00. The molecule has 2 atom stereocenters. The van der Waals surface area contributed by atoms with Crippen LogP contribution in [0.1, 0.15) is 37.9 Å². The molecule has 0 radical (unpaired) electrons. The Kier molecular flexibility index (Phi) is 5.01. The summed E-state index contributed by atoms with van der Waals surface area (Å²) >= 11 is 6.37. The molecule has 2 aliphatic rings. The van der Waals surface area contributed by atoms with Gasteiger partial charge in [0.1, 0.15) is 11.7 Å². The first-order valence-electron chi connectivity index (χ1n) is 8.97. The van der Waals surface area contributed by atoms with Gasteiger partial charge in [-0.3, -0.25) is 5.43 Å². The normalized spacial score (nSPS) is 24.3. The average molecular weight is 372 g/mol. The van der Waals surface area contributed by atoms with E-state index in [4.69, 9.17) is 16.6 Å². The fraction of sp³-hybridized carbons (Fsp3) is 0.389. The molecule has 7 nitrogen and oxygen atoms in total. The maximum Gasteiger partial charge on any atom is 0.162 e. The summed E-state index contributed by atoms with van der Waals surface area (Å²) in [4.78, 5) is 14.0. The van der Waals surface area contributed by atoms with E-state index in [1.54, 1.807) is 0 Å². The van der Waals surface area contributed by atoms with Crippen LogP contribution in [0.25, 0.3) is 16.7 Å². The lowest BCUT2D eigenvalue weighted by atomic mass is 10.0. The average Bonchev–Trinajstić information content (AvgIpc) is 3.07. The van der Waals surface area contributed by atoms with Crippen molar-refractivity contribution in [1.82, 2.24) is 20.8 Å². The van der Waals surface area contributed by atoms with Crippen molar-refractivity contribution in [3.63, 3.8) is 0 Å². The van der Waals surface area contributed by atoms with Crippen molar-refractivity contribution in [3.05, 3.63) is 46.4 Å². The molecule has 2 unspecified atom stereocenters. The molecule has 2 saturated heterocycles. The summed E-state index contributed by atoms with van der Waals surface area (Å²) in [7, 11) is 0. The number of rotatable bonds is 3. The number of hydrazine groups is 1. The van der Waals surface area contributed by atoms with E-state index in [0.29, 0.717) is 28.7 Å². The lowest BCUT2D eigenvalue weighted by Gasteiger charge is -2.21. The number of quaternary nitrogens is 1. The van der Waals surface area contributed by atoms with Crippen LogP contribution in [0.3, 0.4) is 0 Å². The molecule has 0 spiro atoms. The van der Waals surface area contributed by atoms with E-state index in [1.165, 1.54) is 12.8 Å². The minimum absolute atomic E-state index is 0.00947. The highest BCUT2D eigenvalue weighted by Gasteiger charge is 2.22. The monoisotopic (exact) mass is 371 g/mol. The smallest absolute Gasteiger partial charge is 0.162 e. The van der Waals surface area contributed by atoms with Crippen LogP contribution < -0.4 is 16.2 Å². The van der Waals surface area contributed by atoms with Gasteiger partial charge in [-0.1, -0.05) is 23.7 Å². The standard InChI is InChI=1S/C18H21ClN7/c1-11-21-18(26-25-11)24-16-10-15(14-8-4-5-9-20-14)22-17(23-16)12-6-2-3-7-13(12)19/h2-3,6-7,10-11,14,20,25H,4-5,8-9H2,1H3,(H-,21,22,23,24,26)/q-1/p+1. The quantitative estimate of drug-likeness (QED) is 0.772. The third-order valence-electron chi connectivity index (χ3n) is 4.58. The number of nitrogens with two attached hydrogens (primary N) is 1. The third kappa shape index (κ3) is 3.80. The summed E-state index contributed by atoms with van der Waals surface area (Å²) in [5.41, 5.74) is 7.78. The van der Waals surface area contributed by atoms with Gasteiger partial charge < -0.3 is 21.1 Å². The van der Waals surface area contributed by atoms with Gasteiger partial charge in [0, 0.05) is 24.1 Å². The number of hydrogen-bond acceptors (Lipinski definition) is 4. The molecule has 3 heterocycles. The maximum atomic E-state index is 6.37. The van der Waals surface area contributed by atoms with E-state index in [-0.39, 0.29) is 6.17 Å². The van der Waals surface area contributed by atoms with Gasteiger partial charge >= 0.3 is 0 Å². The number of guanidine groups is 1. The maximum absolute atomic E-state index is 6.37. The lowest BCUT2D eigenvalue weighted by molar-refractivity contribution is -0.704. The van der Waals surface area contributed by atoms with Gasteiger partial charge in [0.2, 0.25) is 0 Å². The molecule has 4 rings (SSSR count). The number of piperidine rings is 1. The van der Waals surface area contributed by atoms with Crippen molar-refractivity contribution in [3.8, 4) is 11.4 Å². The van der Waals surface area contributed by atoms with Gasteiger partial charge in [-0.25, -0.2) is 9.97 Å². The van der Waals surface area contributed by atoms with Gasteiger partial charge in [-0.05, 0) is 38.0 Å². The Morgan fingerprint density at radius 2 is 2.15 bits per heavy atom. The van der Waals surface area contributed by atoms with Gasteiger partial charge in [-0.2, -0.15) is 0 Å². The van der Waals surface area contributed by atoms with Crippen LogP contribution in [0.5, 0.6) is 0 Å². The van der Waals surface area contributed by atoms with E-state index in [1.807, 2.05) is 37.3 Å². The number of nitrogens with zero attached hydrogens (tertiary/aromatic N) is 4. The second-order valence-electron chi connectivity index (χ2n) is 6.59. The predicted octanol–water partition coefficient (Wildman–Crippen LogP) is 2.40. The van der Waals surface area contributed by atoms with Gasteiger partial charge in [0.05, 0.1) is 17.4 Å². The summed E-state index contributed by atoms with van der Waals surface area (Å²) in [5.74, 6) is 1.72. The molecule has 2 fully saturated rings. The van der Waals surface area contributed by atoms with Gasteiger partial charge in [0.25, 0.3) is 0 Å². The van der Waals surface area contributed by atoms with Crippen LogP contribution in [0, 0.1) is 0 Å². The first-order chi connectivity index (χ1) is 12.7. The van der Waals surface area contributed by atoms with Gasteiger partial charge in [0.15, 0.2) is 5.82 Å². The molecular weight excluding hydrogens is 350 g/mol. The minimum atomic E-state index is -0.00947. The Morgan fingerprint density at radius 3 is 2.88 bits per heavy atom. The number of aromatic nitrogens is 2. The van der Waals surface area contributed by atoms with Gasteiger partial charge in [-0.15, -0.1) is 0 Å². The number of benzene rings is 1. The summed E-state index contributed by atoms with van der Waals surface area (Å²) in [6, 6.07) is 9.92. The summed E-state index contributed by atoms with van der Waals surface area (Å²) in [5, 5.41) is 7.36. The van der Waals surface area contributed by atoms with Crippen molar-refractivity contribution >= 4 is 23.4 Å². The Bertz CT molecular complexity index is 817. The molecule has 0 bridgehead atoms. The highest BCUT2D eigenvalue weighted by atomic mass is 35.5. The molecule has 0 amide bonds. The van der Waals surface area contributed by atoms with Crippen molar-refractivity contribution in [2.75, 3.05) is 6.54 Å². The highest BCUT2D eigenvalue weighted by Crippen LogP contribution is 2.29. The molecule has 1 aromatic heterocycles. The molecule has 8 heteroatoms. The molecule has 4 N–H and O–H groups in total. The number of aliphatic imine (C=N–C) groups is 1. The van der Waals surface area contributed by atoms with E-state index >= 15 is 0 Å². The number of nitrogens with one attached hydrogen (secondary N) is 2. The topological polar surface area (TPSA) is 92.9 Å². The summed E-state index contributed by atoms with van der Waals surface area (Å²) < 4.78 is 0. The largest absolute Gasteiger partial charge is 0.384 e. The van der Waals surface area contributed by atoms with Crippen LogP contribution in [-0.4, -0.2) is 28.6 Å². The third-order valence-corrected chi connectivity index (χ3v) is 4.91. The van der Waals surface area contributed by atoms with Crippen LogP contribution in [0.4, 0.5) is 5.82 Å². The predicted molar refractivity (Wildman–Crippen MR) is 102 cm³/mol. The van der Waals surface area contributed by atoms with Crippen LogP contribution in [-0.2, 0) is 0 Å². The minimum Gasteiger partial charge on any atom is -0.384 e.